The molecular weight excluding hydrogens is 246 g/mol. The Morgan fingerprint density at radius 3 is 2.61 bits per heavy atom. The van der Waals surface area contributed by atoms with Gasteiger partial charge in [-0.25, -0.2) is 0 Å². The van der Waals surface area contributed by atoms with Gasteiger partial charge in [0.2, 0.25) is 0 Å². The molecule has 0 heterocycles. The standard InChI is InChI=1S/C15H24ClNO/c1-4-6-7-8-15(17-5-2)13-10-9-12(18-3)11-14(13)16/h9-11,15,17H,4-8H2,1-3H3. The van der Waals surface area contributed by atoms with Crippen LogP contribution in [0.5, 0.6) is 5.75 Å². The van der Waals surface area contributed by atoms with Gasteiger partial charge in [-0.2, -0.15) is 0 Å². The summed E-state index contributed by atoms with van der Waals surface area (Å²) in [5.74, 6) is 0.813. The Hall–Kier alpha value is -0.730. The summed E-state index contributed by atoms with van der Waals surface area (Å²) in [6, 6.07) is 6.28. The number of nitrogens with one attached hydrogen (secondary N) is 1. The maximum atomic E-state index is 6.33. The Morgan fingerprint density at radius 1 is 1.28 bits per heavy atom. The highest BCUT2D eigenvalue weighted by atomic mass is 35.5. The van der Waals surface area contributed by atoms with Gasteiger partial charge in [-0.1, -0.05) is 50.8 Å². The number of hydrogen-bond donors (Lipinski definition) is 1. The minimum Gasteiger partial charge on any atom is -0.497 e. The third kappa shape index (κ3) is 4.51. The molecule has 0 aliphatic carbocycles. The topological polar surface area (TPSA) is 21.3 Å². The van der Waals surface area contributed by atoms with Gasteiger partial charge in [-0.15, -0.1) is 0 Å². The number of rotatable bonds is 8. The Bertz CT molecular complexity index is 354. The van der Waals surface area contributed by atoms with E-state index in [1.54, 1.807) is 7.11 Å². The fraction of sp³-hybridized carbons (Fsp3) is 0.600. The lowest BCUT2D eigenvalue weighted by Crippen LogP contribution is -2.21. The number of halogens is 1. The fourth-order valence-corrected chi connectivity index (χ4v) is 2.43. The van der Waals surface area contributed by atoms with E-state index in [2.05, 4.69) is 25.2 Å². The van der Waals surface area contributed by atoms with Gasteiger partial charge < -0.3 is 10.1 Å². The highest BCUT2D eigenvalue weighted by Gasteiger charge is 2.13. The van der Waals surface area contributed by atoms with Crippen LogP contribution >= 0.6 is 11.6 Å². The molecule has 0 aliphatic heterocycles. The molecule has 1 atom stereocenters. The van der Waals surface area contributed by atoms with Gasteiger partial charge >= 0.3 is 0 Å². The van der Waals surface area contributed by atoms with Crippen LogP contribution < -0.4 is 10.1 Å². The SMILES string of the molecule is CCCCCC(NCC)c1ccc(OC)cc1Cl. The van der Waals surface area contributed by atoms with E-state index < -0.39 is 0 Å². The maximum Gasteiger partial charge on any atom is 0.120 e. The molecule has 18 heavy (non-hydrogen) atoms. The molecule has 1 N–H and O–H groups in total. The molecular formula is C15H24ClNO. The predicted molar refractivity (Wildman–Crippen MR) is 78.6 cm³/mol. The lowest BCUT2D eigenvalue weighted by Gasteiger charge is -2.20. The molecule has 0 bridgehead atoms. The first kappa shape index (κ1) is 15.3. The molecule has 0 saturated heterocycles. The molecule has 3 heteroatoms. The smallest absolute Gasteiger partial charge is 0.120 e. The minimum atomic E-state index is 0.347. The molecule has 0 fully saturated rings. The normalized spacial score (nSPS) is 12.4. The summed E-state index contributed by atoms with van der Waals surface area (Å²) in [6.07, 6.45) is 4.88. The van der Waals surface area contributed by atoms with Crippen LogP contribution in [-0.2, 0) is 0 Å². The van der Waals surface area contributed by atoms with Crippen LogP contribution in [0.15, 0.2) is 18.2 Å². The number of ether oxygens (including phenoxy) is 1. The van der Waals surface area contributed by atoms with Crippen molar-refractivity contribution in [3.05, 3.63) is 28.8 Å². The van der Waals surface area contributed by atoms with Gasteiger partial charge in [0.15, 0.2) is 0 Å². The van der Waals surface area contributed by atoms with Gasteiger partial charge in [0, 0.05) is 11.1 Å². The zero-order valence-corrected chi connectivity index (χ0v) is 12.4. The second kappa shape index (κ2) is 8.39. The summed E-state index contributed by atoms with van der Waals surface area (Å²) < 4.78 is 5.18. The number of hydrogen-bond acceptors (Lipinski definition) is 2. The summed E-state index contributed by atoms with van der Waals surface area (Å²) >= 11 is 6.33. The van der Waals surface area contributed by atoms with E-state index in [0.717, 1.165) is 23.7 Å². The fourth-order valence-electron chi connectivity index (χ4n) is 2.13. The Labute approximate surface area is 116 Å². The average molecular weight is 270 g/mol. The van der Waals surface area contributed by atoms with Crippen LogP contribution in [0.4, 0.5) is 0 Å². The molecule has 1 aromatic carbocycles. The van der Waals surface area contributed by atoms with Crippen LogP contribution in [0.25, 0.3) is 0 Å². The van der Waals surface area contributed by atoms with Crippen molar-refractivity contribution in [1.29, 1.82) is 0 Å². The van der Waals surface area contributed by atoms with E-state index >= 15 is 0 Å². The Balaban J connectivity index is 2.77. The molecule has 1 unspecified atom stereocenters. The third-order valence-corrected chi connectivity index (χ3v) is 3.46. The first-order chi connectivity index (χ1) is 8.72. The summed E-state index contributed by atoms with van der Waals surface area (Å²) in [4.78, 5) is 0. The van der Waals surface area contributed by atoms with Crippen LogP contribution in [-0.4, -0.2) is 13.7 Å². The molecule has 0 saturated carbocycles. The molecule has 0 spiro atoms. The minimum absolute atomic E-state index is 0.347. The molecule has 2 nitrogen and oxygen atoms in total. The van der Waals surface area contributed by atoms with Gasteiger partial charge in [-0.3, -0.25) is 0 Å². The largest absolute Gasteiger partial charge is 0.497 e. The van der Waals surface area contributed by atoms with E-state index in [1.807, 2.05) is 12.1 Å². The van der Waals surface area contributed by atoms with Crippen LogP contribution in [0.1, 0.15) is 51.1 Å². The highest BCUT2D eigenvalue weighted by Crippen LogP contribution is 2.30. The lowest BCUT2D eigenvalue weighted by molar-refractivity contribution is 0.414. The van der Waals surface area contributed by atoms with Crippen molar-refractivity contribution in [2.45, 2.75) is 45.6 Å². The molecule has 102 valence electrons. The van der Waals surface area contributed by atoms with Crippen LogP contribution in [0, 0.1) is 0 Å². The van der Waals surface area contributed by atoms with Crippen molar-refractivity contribution in [1.82, 2.24) is 5.32 Å². The maximum absolute atomic E-state index is 6.33. The van der Waals surface area contributed by atoms with Crippen molar-refractivity contribution in [2.24, 2.45) is 0 Å². The molecule has 0 aromatic heterocycles. The molecule has 0 radical (unpaired) electrons. The van der Waals surface area contributed by atoms with Gasteiger partial charge in [0.1, 0.15) is 5.75 Å². The molecule has 1 aromatic rings. The Kier molecular flexibility index (Phi) is 7.14. The van der Waals surface area contributed by atoms with Crippen molar-refractivity contribution >= 4 is 11.6 Å². The molecule has 1 rings (SSSR count). The summed E-state index contributed by atoms with van der Waals surface area (Å²) in [5.41, 5.74) is 1.18. The van der Waals surface area contributed by atoms with E-state index in [1.165, 1.54) is 24.8 Å². The van der Waals surface area contributed by atoms with Crippen molar-refractivity contribution in [3.8, 4) is 5.75 Å². The van der Waals surface area contributed by atoms with Gasteiger partial charge in [-0.05, 0) is 30.7 Å². The van der Waals surface area contributed by atoms with Crippen molar-refractivity contribution < 1.29 is 4.74 Å². The Morgan fingerprint density at radius 2 is 2.06 bits per heavy atom. The third-order valence-electron chi connectivity index (χ3n) is 3.13. The zero-order valence-electron chi connectivity index (χ0n) is 11.6. The van der Waals surface area contributed by atoms with Crippen molar-refractivity contribution in [2.75, 3.05) is 13.7 Å². The summed E-state index contributed by atoms with van der Waals surface area (Å²) in [5, 5.41) is 4.30. The summed E-state index contributed by atoms with van der Waals surface area (Å²) in [7, 11) is 1.66. The number of benzene rings is 1. The van der Waals surface area contributed by atoms with Crippen LogP contribution in [0.3, 0.4) is 0 Å². The van der Waals surface area contributed by atoms with Crippen molar-refractivity contribution in [3.63, 3.8) is 0 Å². The number of unbranched alkanes of at least 4 members (excludes halogenated alkanes) is 2. The zero-order chi connectivity index (χ0) is 13.4. The van der Waals surface area contributed by atoms with E-state index in [0.29, 0.717) is 6.04 Å². The monoisotopic (exact) mass is 269 g/mol. The average Bonchev–Trinajstić information content (AvgIpc) is 2.38. The second-order valence-corrected chi connectivity index (χ2v) is 4.90. The first-order valence-corrected chi connectivity index (χ1v) is 7.17. The van der Waals surface area contributed by atoms with E-state index in [4.69, 9.17) is 16.3 Å². The quantitative estimate of drug-likeness (QED) is 0.698. The summed E-state index contributed by atoms with van der Waals surface area (Å²) in [6.45, 7) is 5.31. The predicted octanol–water partition coefficient (Wildman–Crippen LogP) is 4.58. The van der Waals surface area contributed by atoms with Crippen LogP contribution in [0.2, 0.25) is 5.02 Å². The van der Waals surface area contributed by atoms with E-state index in [9.17, 15) is 0 Å². The van der Waals surface area contributed by atoms with E-state index in [-0.39, 0.29) is 0 Å². The lowest BCUT2D eigenvalue weighted by atomic mass is 10.00. The molecule has 0 aliphatic rings. The number of methoxy groups -OCH3 is 1. The van der Waals surface area contributed by atoms with Gasteiger partial charge in [0.05, 0.1) is 7.11 Å². The first-order valence-electron chi connectivity index (χ1n) is 6.79. The molecule has 0 amide bonds. The highest BCUT2D eigenvalue weighted by molar-refractivity contribution is 6.31. The van der Waals surface area contributed by atoms with Gasteiger partial charge in [0.25, 0.3) is 0 Å². The second-order valence-electron chi connectivity index (χ2n) is 4.49.